The molecule has 0 radical (unpaired) electrons. The molecule has 1 unspecified atom stereocenters. The summed E-state index contributed by atoms with van der Waals surface area (Å²) in [6.07, 6.45) is 4.68. The first kappa shape index (κ1) is 13.2. The van der Waals surface area contributed by atoms with Gasteiger partial charge in [0, 0.05) is 6.54 Å². The van der Waals surface area contributed by atoms with Crippen molar-refractivity contribution in [2.45, 2.75) is 39.5 Å². The van der Waals surface area contributed by atoms with Gasteiger partial charge in [-0.1, -0.05) is 33.1 Å². The summed E-state index contributed by atoms with van der Waals surface area (Å²) in [7, 11) is 0. The molecule has 1 heterocycles. The minimum Gasteiger partial charge on any atom is -0.391 e. The van der Waals surface area contributed by atoms with Crippen LogP contribution >= 0.6 is 0 Å². The van der Waals surface area contributed by atoms with Gasteiger partial charge in [0.25, 0.3) is 0 Å². The Morgan fingerprint density at radius 3 is 2.38 bits per heavy atom. The van der Waals surface area contributed by atoms with Crippen LogP contribution in [0.4, 0.5) is 0 Å². The summed E-state index contributed by atoms with van der Waals surface area (Å²) < 4.78 is 4.49. The lowest BCUT2D eigenvalue weighted by atomic mass is 9.98. The summed E-state index contributed by atoms with van der Waals surface area (Å²) >= 11 is 0. The molecule has 0 N–H and O–H groups in total. The third-order valence-corrected chi connectivity index (χ3v) is 2.99. The van der Waals surface area contributed by atoms with E-state index in [0.717, 1.165) is 13.0 Å². The molecule has 0 aromatic rings. The van der Waals surface area contributed by atoms with E-state index in [1.165, 1.54) is 19.3 Å². The minimum absolute atomic E-state index is 0.258. The molecule has 92 valence electrons. The fraction of sp³-hybridized carbons (Fsp3) is 0.833. The molecule has 1 saturated heterocycles. The summed E-state index contributed by atoms with van der Waals surface area (Å²) in [4.78, 5) is 24.1. The monoisotopic (exact) mass is 227 g/mol. The van der Waals surface area contributed by atoms with E-state index in [1.54, 1.807) is 0 Å². The van der Waals surface area contributed by atoms with Crippen molar-refractivity contribution >= 4 is 11.9 Å². The Bertz CT molecular complexity index is 237. The molecule has 4 nitrogen and oxygen atoms in total. The van der Waals surface area contributed by atoms with Crippen molar-refractivity contribution in [3.05, 3.63) is 0 Å². The van der Waals surface area contributed by atoms with Crippen LogP contribution in [0.15, 0.2) is 0 Å². The Balaban J connectivity index is 2.38. The molecule has 1 rings (SSSR count). The number of cyclic esters (lactones) is 2. The van der Waals surface area contributed by atoms with E-state index in [-0.39, 0.29) is 13.1 Å². The van der Waals surface area contributed by atoms with Crippen molar-refractivity contribution in [3.8, 4) is 0 Å². The number of rotatable bonds is 6. The SMILES string of the molecule is CCCCC(CC)CN1CC(=O)OC(=O)C1. The normalized spacial score (nSPS) is 19.6. The van der Waals surface area contributed by atoms with Crippen LogP contribution in [0.1, 0.15) is 39.5 Å². The molecule has 1 fully saturated rings. The number of carbonyl (C=O) groups is 2. The summed E-state index contributed by atoms with van der Waals surface area (Å²) in [6.45, 7) is 5.68. The summed E-state index contributed by atoms with van der Waals surface area (Å²) in [6, 6.07) is 0. The highest BCUT2D eigenvalue weighted by atomic mass is 16.6. The average molecular weight is 227 g/mol. The third-order valence-electron chi connectivity index (χ3n) is 2.99. The summed E-state index contributed by atoms with van der Waals surface area (Å²) in [5.74, 6) is -0.248. The van der Waals surface area contributed by atoms with E-state index in [9.17, 15) is 9.59 Å². The van der Waals surface area contributed by atoms with Crippen molar-refractivity contribution in [1.29, 1.82) is 0 Å². The maximum atomic E-state index is 11.1. The average Bonchev–Trinajstić information content (AvgIpc) is 2.22. The van der Waals surface area contributed by atoms with Crippen LogP contribution in [0.5, 0.6) is 0 Å². The second kappa shape index (κ2) is 6.63. The number of unbranched alkanes of at least 4 members (excludes halogenated alkanes) is 1. The van der Waals surface area contributed by atoms with E-state index < -0.39 is 11.9 Å². The first-order valence-electron chi connectivity index (χ1n) is 6.11. The highest BCUT2D eigenvalue weighted by Gasteiger charge is 2.25. The molecule has 0 aromatic carbocycles. The quantitative estimate of drug-likeness (QED) is 0.510. The zero-order valence-corrected chi connectivity index (χ0v) is 10.2. The van der Waals surface area contributed by atoms with Crippen LogP contribution in [0.2, 0.25) is 0 Å². The van der Waals surface area contributed by atoms with Crippen LogP contribution in [-0.2, 0) is 14.3 Å². The fourth-order valence-electron chi connectivity index (χ4n) is 2.02. The van der Waals surface area contributed by atoms with Crippen molar-refractivity contribution in [3.63, 3.8) is 0 Å². The zero-order chi connectivity index (χ0) is 12.0. The smallest absolute Gasteiger partial charge is 0.327 e. The van der Waals surface area contributed by atoms with Gasteiger partial charge in [-0.25, -0.2) is 0 Å². The lowest BCUT2D eigenvalue weighted by Gasteiger charge is -2.27. The van der Waals surface area contributed by atoms with Gasteiger partial charge >= 0.3 is 11.9 Å². The number of morpholine rings is 1. The number of carbonyl (C=O) groups excluding carboxylic acids is 2. The Labute approximate surface area is 96.9 Å². The Hall–Kier alpha value is -0.900. The molecule has 1 atom stereocenters. The summed E-state index contributed by atoms with van der Waals surface area (Å²) in [5, 5.41) is 0. The highest BCUT2D eigenvalue weighted by Crippen LogP contribution is 2.15. The predicted octanol–water partition coefficient (Wildman–Crippen LogP) is 1.59. The van der Waals surface area contributed by atoms with E-state index in [1.807, 2.05) is 4.90 Å². The lowest BCUT2D eigenvalue weighted by molar-refractivity contribution is -0.167. The molecule has 1 aliphatic rings. The van der Waals surface area contributed by atoms with Gasteiger partial charge in [-0.05, 0) is 12.3 Å². The van der Waals surface area contributed by atoms with E-state index in [2.05, 4.69) is 18.6 Å². The number of esters is 2. The van der Waals surface area contributed by atoms with Gasteiger partial charge in [0.15, 0.2) is 0 Å². The highest BCUT2D eigenvalue weighted by molar-refractivity contribution is 5.90. The van der Waals surface area contributed by atoms with Gasteiger partial charge in [0.2, 0.25) is 0 Å². The predicted molar refractivity (Wildman–Crippen MR) is 60.8 cm³/mol. The second-order valence-corrected chi connectivity index (χ2v) is 4.43. The number of hydrogen-bond acceptors (Lipinski definition) is 4. The van der Waals surface area contributed by atoms with Crippen molar-refractivity contribution in [2.75, 3.05) is 19.6 Å². The third kappa shape index (κ3) is 4.31. The minimum atomic E-state index is -0.415. The van der Waals surface area contributed by atoms with Crippen LogP contribution in [0.25, 0.3) is 0 Å². The molecular formula is C12H21NO3. The van der Waals surface area contributed by atoms with Crippen LogP contribution in [0, 0.1) is 5.92 Å². The Morgan fingerprint density at radius 1 is 1.25 bits per heavy atom. The first-order valence-corrected chi connectivity index (χ1v) is 6.11. The van der Waals surface area contributed by atoms with Gasteiger partial charge in [0.05, 0.1) is 13.1 Å². The molecule has 4 heteroatoms. The molecule has 0 amide bonds. The van der Waals surface area contributed by atoms with Crippen LogP contribution in [-0.4, -0.2) is 36.5 Å². The van der Waals surface area contributed by atoms with E-state index >= 15 is 0 Å². The maximum Gasteiger partial charge on any atom is 0.327 e. The molecule has 0 spiro atoms. The van der Waals surface area contributed by atoms with Crippen molar-refractivity contribution in [2.24, 2.45) is 5.92 Å². The number of hydrogen-bond donors (Lipinski definition) is 0. The van der Waals surface area contributed by atoms with E-state index in [4.69, 9.17) is 0 Å². The topological polar surface area (TPSA) is 46.6 Å². The summed E-state index contributed by atoms with van der Waals surface area (Å²) in [5.41, 5.74) is 0. The van der Waals surface area contributed by atoms with Gasteiger partial charge in [-0.15, -0.1) is 0 Å². The van der Waals surface area contributed by atoms with Gasteiger partial charge in [-0.3, -0.25) is 14.5 Å². The molecule has 0 aliphatic carbocycles. The molecule has 16 heavy (non-hydrogen) atoms. The van der Waals surface area contributed by atoms with E-state index in [0.29, 0.717) is 5.92 Å². The number of nitrogens with zero attached hydrogens (tertiary/aromatic N) is 1. The zero-order valence-electron chi connectivity index (χ0n) is 10.2. The Kier molecular flexibility index (Phi) is 5.46. The van der Waals surface area contributed by atoms with Crippen LogP contribution in [0.3, 0.4) is 0 Å². The van der Waals surface area contributed by atoms with Crippen molar-refractivity contribution < 1.29 is 14.3 Å². The van der Waals surface area contributed by atoms with Crippen molar-refractivity contribution in [1.82, 2.24) is 4.90 Å². The van der Waals surface area contributed by atoms with Crippen LogP contribution < -0.4 is 0 Å². The van der Waals surface area contributed by atoms with Gasteiger partial charge < -0.3 is 4.74 Å². The lowest BCUT2D eigenvalue weighted by Crippen LogP contribution is -2.44. The standard InChI is InChI=1S/C12H21NO3/c1-3-5-6-10(4-2)7-13-8-11(14)16-12(15)9-13/h10H,3-9H2,1-2H3. The van der Waals surface area contributed by atoms with Gasteiger partial charge in [0.1, 0.15) is 0 Å². The molecular weight excluding hydrogens is 206 g/mol. The maximum absolute atomic E-state index is 11.1. The Morgan fingerprint density at radius 2 is 1.88 bits per heavy atom. The fourth-order valence-corrected chi connectivity index (χ4v) is 2.02. The first-order chi connectivity index (χ1) is 7.65. The second-order valence-electron chi connectivity index (χ2n) is 4.43. The van der Waals surface area contributed by atoms with Gasteiger partial charge in [-0.2, -0.15) is 0 Å². The molecule has 0 saturated carbocycles. The largest absolute Gasteiger partial charge is 0.391 e. The molecule has 0 aromatic heterocycles. The molecule has 0 bridgehead atoms. The number of ether oxygens (including phenoxy) is 1. The molecule has 1 aliphatic heterocycles.